The molecule has 156 valence electrons. The molecule has 1 amide bonds. The van der Waals surface area contributed by atoms with Crippen LogP contribution < -0.4 is 5.56 Å². The number of halogens is 1. The second kappa shape index (κ2) is 9.96. The summed E-state index contributed by atoms with van der Waals surface area (Å²) >= 11 is 7.30. The molecule has 0 fully saturated rings. The first kappa shape index (κ1) is 22.1. The minimum Gasteiger partial charge on any atom is -0.341 e. The fourth-order valence-corrected chi connectivity index (χ4v) is 4.17. The number of fused-ring (bicyclic) bond motifs is 1. The molecule has 5 nitrogen and oxygen atoms in total. The van der Waals surface area contributed by atoms with Gasteiger partial charge in [0.1, 0.15) is 0 Å². The van der Waals surface area contributed by atoms with Gasteiger partial charge in [0.15, 0.2) is 5.16 Å². The zero-order chi connectivity index (χ0) is 21.7. The van der Waals surface area contributed by atoms with Crippen LogP contribution in [0.25, 0.3) is 10.9 Å². The number of aryl methyl sites for hydroxylation is 1. The Labute approximate surface area is 185 Å². The van der Waals surface area contributed by atoms with Crippen molar-refractivity contribution in [3.8, 4) is 0 Å². The zero-order valence-corrected chi connectivity index (χ0v) is 18.7. The Hall–Kier alpha value is -2.57. The zero-order valence-electron chi connectivity index (χ0n) is 17.1. The lowest BCUT2D eigenvalue weighted by Crippen LogP contribution is -2.28. The van der Waals surface area contributed by atoms with Gasteiger partial charge in [-0.15, -0.1) is 6.58 Å². The van der Waals surface area contributed by atoms with Crippen LogP contribution in [0.4, 0.5) is 0 Å². The lowest BCUT2D eigenvalue weighted by atomic mass is 10.1. The maximum Gasteiger partial charge on any atom is 0.262 e. The van der Waals surface area contributed by atoms with Crippen LogP contribution in [0.5, 0.6) is 0 Å². The second-order valence-electron chi connectivity index (χ2n) is 6.97. The summed E-state index contributed by atoms with van der Waals surface area (Å²) in [6.07, 6.45) is 2.63. The highest BCUT2D eigenvalue weighted by atomic mass is 35.5. The van der Waals surface area contributed by atoms with E-state index in [-0.39, 0.29) is 17.2 Å². The molecule has 3 rings (SSSR count). The van der Waals surface area contributed by atoms with Crippen LogP contribution in [0.3, 0.4) is 0 Å². The molecule has 7 heteroatoms. The maximum absolute atomic E-state index is 12.8. The molecule has 0 atom stereocenters. The third-order valence-electron chi connectivity index (χ3n) is 4.80. The summed E-state index contributed by atoms with van der Waals surface area (Å²) in [4.78, 5) is 31.8. The summed E-state index contributed by atoms with van der Waals surface area (Å²) < 4.78 is 1.53. The van der Waals surface area contributed by atoms with Gasteiger partial charge >= 0.3 is 0 Å². The van der Waals surface area contributed by atoms with Crippen molar-refractivity contribution in [2.24, 2.45) is 0 Å². The third-order valence-corrected chi connectivity index (χ3v) is 5.99. The number of hydrogen-bond acceptors (Lipinski definition) is 4. The van der Waals surface area contributed by atoms with Crippen molar-refractivity contribution in [1.29, 1.82) is 0 Å². The van der Waals surface area contributed by atoms with Gasteiger partial charge in [0.2, 0.25) is 5.91 Å². The number of carbonyl (C=O) groups is 1. The Kier molecular flexibility index (Phi) is 7.34. The molecule has 0 radical (unpaired) electrons. The van der Waals surface area contributed by atoms with E-state index in [4.69, 9.17) is 11.6 Å². The number of allylic oxidation sites excluding steroid dienone is 1. The Morgan fingerprint density at radius 1 is 1.23 bits per heavy atom. The molecule has 0 bridgehead atoms. The molecule has 0 saturated heterocycles. The van der Waals surface area contributed by atoms with E-state index in [0.29, 0.717) is 34.2 Å². The van der Waals surface area contributed by atoms with Crippen LogP contribution in [-0.4, -0.2) is 33.2 Å². The highest BCUT2D eigenvalue weighted by Crippen LogP contribution is 2.21. The minimum atomic E-state index is -0.170. The average molecular weight is 442 g/mol. The summed E-state index contributed by atoms with van der Waals surface area (Å²) in [5, 5.41) is 1.48. The van der Waals surface area contributed by atoms with Crippen molar-refractivity contribution in [3.05, 3.63) is 81.6 Å². The summed E-state index contributed by atoms with van der Waals surface area (Å²) in [5.41, 5.74) is 2.70. The van der Waals surface area contributed by atoms with Crippen LogP contribution in [-0.2, 0) is 24.3 Å². The first-order chi connectivity index (χ1) is 14.4. The summed E-state index contributed by atoms with van der Waals surface area (Å²) in [6, 6.07) is 13.3. The van der Waals surface area contributed by atoms with E-state index < -0.39 is 0 Å². The molecule has 0 aliphatic heterocycles. The van der Waals surface area contributed by atoms with Gasteiger partial charge in [0.05, 0.1) is 16.7 Å². The first-order valence-electron chi connectivity index (χ1n) is 9.68. The Balaban J connectivity index is 1.76. The van der Waals surface area contributed by atoms with Crippen molar-refractivity contribution in [2.75, 3.05) is 12.8 Å². The molecule has 1 aromatic heterocycles. The predicted molar refractivity (Wildman–Crippen MR) is 124 cm³/mol. The van der Waals surface area contributed by atoms with Crippen LogP contribution in [0, 0.1) is 0 Å². The standard InChI is InChI=1S/C23H24ClN3O2S/c1-4-12-27-22(29)19-11-10-18(24)13-20(19)25-23(27)30-15-21(28)26(3)14-17-8-6-16(5-2)7-9-17/h4,6-11,13H,1,5,12,14-15H2,2-3H3. The summed E-state index contributed by atoms with van der Waals surface area (Å²) in [6.45, 7) is 6.69. The van der Waals surface area contributed by atoms with Gasteiger partial charge in [0.25, 0.3) is 5.56 Å². The smallest absolute Gasteiger partial charge is 0.262 e. The Morgan fingerprint density at radius 2 is 1.93 bits per heavy atom. The number of rotatable bonds is 8. The van der Waals surface area contributed by atoms with Gasteiger partial charge in [-0.25, -0.2) is 4.98 Å². The van der Waals surface area contributed by atoms with Crippen LogP contribution >= 0.6 is 23.4 Å². The number of benzene rings is 2. The van der Waals surface area contributed by atoms with E-state index in [1.54, 1.807) is 36.2 Å². The molecular weight excluding hydrogens is 418 g/mol. The highest BCUT2D eigenvalue weighted by molar-refractivity contribution is 7.99. The number of hydrogen-bond donors (Lipinski definition) is 0. The molecule has 2 aromatic carbocycles. The molecular formula is C23H24ClN3O2S. The number of amides is 1. The van der Waals surface area contributed by atoms with Crippen molar-refractivity contribution in [3.63, 3.8) is 0 Å². The average Bonchev–Trinajstić information content (AvgIpc) is 2.74. The summed E-state index contributed by atoms with van der Waals surface area (Å²) in [7, 11) is 1.78. The fraction of sp³-hybridized carbons (Fsp3) is 0.261. The normalized spacial score (nSPS) is 10.9. The van der Waals surface area contributed by atoms with E-state index in [1.165, 1.54) is 21.9 Å². The number of thioether (sulfide) groups is 1. The van der Waals surface area contributed by atoms with Crippen molar-refractivity contribution in [1.82, 2.24) is 14.5 Å². The lowest BCUT2D eigenvalue weighted by molar-refractivity contribution is -0.127. The Bertz CT molecular complexity index is 1130. The summed E-state index contributed by atoms with van der Waals surface area (Å²) in [5.74, 6) is 0.143. The monoisotopic (exact) mass is 441 g/mol. The van der Waals surface area contributed by atoms with Gasteiger partial charge < -0.3 is 4.90 Å². The molecule has 0 aliphatic carbocycles. The fourth-order valence-electron chi connectivity index (χ4n) is 3.05. The quantitative estimate of drug-likeness (QED) is 0.292. The van der Waals surface area contributed by atoms with E-state index in [2.05, 4.69) is 30.6 Å². The van der Waals surface area contributed by atoms with E-state index in [0.717, 1.165) is 12.0 Å². The van der Waals surface area contributed by atoms with Crippen LogP contribution in [0.15, 0.2) is 65.1 Å². The van der Waals surface area contributed by atoms with Crippen molar-refractivity contribution < 1.29 is 4.79 Å². The second-order valence-corrected chi connectivity index (χ2v) is 8.35. The van der Waals surface area contributed by atoms with Crippen molar-refractivity contribution >= 4 is 40.2 Å². The molecule has 0 unspecified atom stereocenters. The SMILES string of the molecule is C=CCn1c(SCC(=O)N(C)Cc2ccc(CC)cc2)nc2cc(Cl)ccc2c1=O. The minimum absolute atomic E-state index is 0.0369. The van der Waals surface area contributed by atoms with E-state index in [1.807, 2.05) is 12.1 Å². The first-order valence-corrected chi connectivity index (χ1v) is 11.0. The number of carbonyl (C=O) groups excluding carboxylic acids is 1. The van der Waals surface area contributed by atoms with Gasteiger partial charge in [-0.1, -0.05) is 60.6 Å². The highest BCUT2D eigenvalue weighted by Gasteiger charge is 2.15. The van der Waals surface area contributed by atoms with Gasteiger partial charge in [-0.2, -0.15) is 0 Å². The van der Waals surface area contributed by atoms with E-state index >= 15 is 0 Å². The van der Waals surface area contributed by atoms with Crippen molar-refractivity contribution in [2.45, 2.75) is 31.6 Å². The molecule has 0 N–H and O–H groups in total. The molecule has 0 spiro atoms. The largest absolute Gasteiger partial charge is 0.341 e. The molecule has 0 aliphatic rings. The third kappa shape index (κ3) is 5.12. The molecule has 1 heterocycles. The number of aromatic nitrogens is 2. The molecule has 30 heavy (non-hydrogen) atoms. The van der Waals surface area contributed by atoms with Gasteiger partial charge in [-0.3, -0.25) is 14.2 Å². The Morgan fingerprint density at radius 3 is 2.60 bits per heavy atom. The lowest BCUT2D eigenvalue weighted by Gasteiger charge is -2.18. The van der Waals surface area contributed by atoms with Crippen LogP contribution in [0.2, 0.25) is 5.02 Å². The molecule has 0 saturated carbocycles. The number of nitrogens with zero attached hydrogens (tertiary/aromatic N) is 3. The van der Waals surface area contributed by atoms with Gasteiger partial charge in [0, 0.05) is 25.2 Å². The topological polar surface area (TPSA) is 55.2 Å². The molecule has 3 aromatic rings. The maximum atomic E-state index is 12.8. The van der Waals surface area contributed by atoms with Crippen LogP contribution in [0.1, 0.15) is 18.1 Å². The van der Waals surface area contributed by atoms with Gasteiger partial charge in [-0.05, 0) is 35.7 Å². The predicted octanol–water partition coefficient (Wildman–Crippen LogP) is 4.55. The van der Waals surface area contributed by atoms with E-state index in [9.17, 15) is 9.59 Å².